The summed E-state index contributed by atoms with van der Waals surface area (Å²) in [5.74, 6) is -1.67. The summed E-state index contributed by atoms with van der Waals surface area (Å²) in [7, 11) is -2.42. The Morgan fingerprint density at radius 3 is 2.62 bits per heavy atom. The zero-order valence-electron chi connectivity index (χ0n) is 11.2. The largest absolute Gasteiger partial charge is 0.475 e. The molecule has 2 aromatic rings. The number of thiophene rings is 1. The van der Waals surface area contributed by atoms with Gasteiger partial charge in [-0.2, -0.15) is 4.31 Å². The molecule has 0 atom stereocenters. The Balaban J connectivity index is 2.30. The van der Waals surface area contributed by atoms with Crippen LogP contribution in [-0.4, -0.2) is 30.8 Å². The molecule has 0 radical (unpaired) electrons. The van der Waals surface area contributed by atoms with Crippen molar-refractivity contribution < 1.29 is 22.7 Å². The molecule has 21 heavy (non-hydrogen) atoms. The van der Waals surface area contributed by atoms with Crippen LogP contribution in [0.5, 0.6) is 0 Å². The maximum Gasteiger partial charge on any atom is 0.371 e. The van der Waals surface area contributed by atoms with Crippen LogP contribution in [0.2, 0.25) is 4.34 Å². The molecule has 6 nitrogen and oxygen atoms in total. The number of aromatic carboxylic acids is 1. The molecule has 0 spiro atoms. The molecule has 0 amide bonds. The topological polar surface area (TPSA) is 87.8 Å². The smallest absolute Gasteiger partial charge is 0.371 e. The minimum atomic E-state index is -3.83. The van der Waals surface area contributed by atoms with Crippen LogP contribution in [0.15, 0.2) is 27.5 Å². The van der Waals surface area contributed by atoms with Crippen LogP contribution in [0, 0.1) is 6.92 Å². The first-order valence-corrected chi connectivity index (χ1v) is 8.39. The van der Waals surface area contributed by atoms with Crippen LogP contribution in [0.1, 0.15) is 21.2 Å². The maximum absolute atomic E-state index is 12.4. The molecule has 1 N–H and O–H groups in total. The van der Waals surface area contributed by atoms with Gasteiger partial charge in [0.05, 0.1) is 4.34 Å². The molecule has 2 heterocycles. The monoisotopic (exact) mass is 349 g/mol. The Hall–Kier alpha value is -1.35. The summed E-state index contributed by atoms with van der Waals surface area (Å²) in [4.78, 5) is 11.5. The zero-order valence-corrected chi connectivity index (χ0v) is 13.5. The molecule has 2 aromatic heterocycles. The summed E-state index contributed by atoms with van der Waals surface area (Å²) >= 11 is 7.09. The summed E-state index contributed by atoms with van der Waals surface area (Å²) in [6.45, 7) is 1.56. The molecule has 0 aromatic carbocycles. The first-order chi connectivity index (χ1) is 9.71. The molecule has 114 valence electrons. The van der Waals surface area contributed by atoms with Crippen molar-refractivity contribution in [3.8, 4) is 0 Å². The van der Waals surface area contributed by atoms with Crippen LogP contribution in [0.25, 0.3) is 0 Å². The van der Waals surface area contributed by atoms with Crippen LogP contribution in [0.4, 0.5) is 0 Å². The number of furan rings is 1. The van der Waals surface area contributed by atoms with E-state index in [1.54, 1.807) is 12.1 Å². The summed E-state index contributed by atoms with van der Waals surface area (Å²) in [5, 5.41) is 8.85. The van der Waals surface area contributed by atoms with Crippen molar-refractivity contribution in [2.24, 2.45) is 0 Å². The lowest BCUT2D eigenvalue weighted by molar-refractivity contribution is 0.0661. The van der Waals surface area contributed by atoms with Crippen molar-refractivity contribution in [1.29, 1.82) is 0 Å². The van der Waals surface area contributed by atoms with Gasteiger partial charge < -0.3 is 9.52 Å². The highest BCUT2D eigenvalue weighted by molar-refractivity contribution is 7.89. The zero-order chi connectivity index (χ0) is 15.8. The van der Waals surface area contributed by atoms with Crippen LogP contribution in [0.3, 0.4) is 0 Å². The second kappa shape index (κ2) is 5.80. The number of halogens is 1. The SMILES string of the molecule is Cc1oc(C(=O)O)cc1S(=O)(=O)N(C)Cc1ccc(Cl)s1. The second-order valence-electron chi connectivity index (χ2n) is 4.30. The predicted molar refractivity (Wildman–Crippen MR) is 78.4 cm³/mol. The third-order valence-corrected chi connectivity index (χ3v) is 5.91. The summed E-state index contributed by atoms with van der Waals surface area (Å²) < 4.78 is 31.5. The lowest BCUT2D eigenvalue weighted by atomic mass is 10.4. The van der Waals surface area contributed by atoms with E-state index in [1.807, 2.05) is 0 Å². The fraction of sp³-hybridized carbons (Fsp3) is 0.250. The molecule has 0 aliphatic heterocycles. The normalized spacial score (nSPS) is 12.0. The quantitative estimate of drug-likeness (QED) is 0.896. The molecule has 0 bridgehead atoms. The molecular formula is C12H12ClNO5S2. The highest BCUT2D eigenvalue weighted by atomic mass is 35.5. The van der Waals surface area contributed by atoms with E-state index < -0.39 is 21.8 Å². The summed E-state index contributed by atoms with van der Waals surface area (Å²) in [6, 6.07) is 4.45. The Labute approximate surface area is 130 Å². The molecule has 0 unspecified atom stereocenters. The van der Waals surface area contributed by atoms with E-state index >= 15 is 0 Å². The van der Waals surface area contributed by atoms with Gasteiger partial charge in [0.1, 0.15) is 10.7 Å². The third-order valence-electron chi connectivity index (χ3n) is 2.78. The molecule has 0 saturated heterocycles. The lowest BCUT2D eigenvalue weighted by Gasteiger charge is -2.15. The molecule has 2 rings (SSSR count). The van der Waals surface area contributed by atoms with Gasteiger partial charge in [-0.25, -0.2) is 13.2 Å². The van der Waals surface area contributed by atoms with E-state index in [0.717, 1.165) is 15.2 Å². The van der Waals surface area contributed by atoms with Gasteiger partial charge in [-0.1, -0.05) is 11.6 Å². The fourth-order valence-electron chi connectivity index (χ4n) is 1.74. The molecular weight excluding hydrogens is 338 g/mol. The Morgan fingerprint density at radius 1 is 1.48 bits per heavy atom. The standard InChI is InChI=1S/C12H12ClNO5S2/c1-7-10(5-9(19-7)12(15)16)21(17,18)14(2)6-8-3-4-11(13)20-8/h3-5H,6H2,1-2H3,(H,15,16). The number of carboxylic acids is 1. The van der Waals surface area contributed by atoms with Gasteiger partial charge in [0.2, 0.25) is 15.8 Å². The number of hydrogen-bond donors (Lipinski definition) is 1. The number of hydrogen-bond acceptors (Lipinski definition) is 5. The van der Waals surface area contributed by atoms with E-state index in [4.69, 9.17) is 21.1 Å². The average Bonchev–Trinajstić information content (AvgIpc) is 2.96. The van der Waals surface area contributed by atoms with Crippen LogP contribution >= 0.6 is 22.9 Å². The third kappa shape index (κ3) is 3.29. The van der Waals surface area contributed by atoms with Crippen molar-refractivity contribution >= 4 is 38.9 Å². The van der Waals surface area contributed by atoms with Crippen molar-refractivity contribution in [3.05, 3.63) is 38.9 Å². The van der Waals surface area contributed by atoms with E-state index in [9.17, 15) is 13.2 Å². The van der Waals surface area contributed by atoms with E-state index in [0.29, 0.717) is 4.34 Å². The number of carbonyl (C=O) groups is 1. The van der Waals surface area contributed by atoms with Gasteiger partial charge in [0.15, 0.2) is 0 Å². The van der Waals surface area contributed by atoms with E-state index in [-0.39, 0.29) is 17.2 Å². The second-order valence-corrected chi connectivity index (χ2v) is 8.12. The fourth-order valence-corrected chi connectivity index (χ4v) is 4.26. The molecule has 0 aliphatic rings. The van der Waals surface area contributed by atoms with E-state index in [1.165, 1.54) is 25.3 Å². The summed E-state index contributed by atoms with van der Waals surface area (Å²) in [5.41, 5.74) is 0. The van der Waals surface area contributed by atoms with Gasteiger partial charge in [-0.15, -0.1) is 11.3 Å². The minimum Gasteiger partial charge on any atom is -0.475 e. The Morgan fingerprint density at radius 2 is 2.14 bits per heavy atom. The predicted octanol–water partition coefficient (Wildman–Crippen LogP) is 2.82. The molecule has 0 fully saturated rings. The van der Waals surface area contributed by atoms with Gasteiger partial charge in [-0.05, 0) is 19.1 Å². The number of carboxylic acid groups (broad SMARTS) is 1. The van der Waals surface area contributed by atoms with Crippen molar-refractivity contribution in [1.82, 2.24) is 4.31 Å². The van der Waals surface area contributed by atoms with Gasteiger partial charge in [0.25, 0.3) is 0 Å². The summed E-state index contributed by atoms with van der Waals surface area (Å²) in [6.07, 6.45) is 0. The lowest BCUT2D eigenvalue weighted by Crippen LogP contribution is -2.26. The molecule has 0 saturated carbocycles. The van der Waals surface area contributed by atoms with E-state index in [2.05, 4.69) is 0 Å². The number of sulfonamides is 1. The maximum atomic E-state index is 12.4. The highest BCUT2D eigenvalue weighted by Gasteiger charge is 2.28. The van der Waals surface area contributed by atoms with Crippen molar-refractivity contribution in [3.63, 3.8) is 0 Å². The van der Waals surface area contributed by atoms with Gasteiger partial charge in [0, 0.05) is 24.5 Å². The van der Waals surface area contributed by atoms with Crippen LogP contribution in [-0.2, 0) is 16.6 Å². The molecule has 0 aliphatic carbocycles. The van der Waals surface area contributed by atoms with Crippen molar-refractivity contribution in [2.45, 2.75) is 18.4 Å². The highest BCUT2D eigenvalue weighted by Crippen LogP contribution is 2.27. The van der Waals surface area contributed by atoms with Gasteiger partial charge >= 0.3 is 5.97 Å². The molecule has 9 heteroatoms. The first kappa shape index (κ1) is 16.0. The number of aryl methyl sites for hydroxylation is 1. The van der Waals surface area contributed by atoms with Gasteiger partial charge in [-0.3, -0.25) is 0 Å². The van der Waals surface area contributed by atoms with Crippen LogP contribution < -0.4 is 0 Å². The average molecular weight is 350 g/mol. The number of rotatable bonds is 5. The van der Waals surface area contributed by atoms with Crippen molar-refractivity contribution in [2.75, 3.05) is 7.05 Å². The Bertz CT molecular complexity index is 777. The number of nitrogens with zero attached hydrogens (tertiary/aromatic N) is 1. The minimum absolute atomic E-state index is 0.0449. The Kier molecular flexibility index (Phi) is 4.43. The first-order valence-electron chi connectivity index (χ1n) is 5.76.